The Hall–Kier alpha value is -2.24. The lowest BCUT2D eigenvalue weighted by atomic mass is 10.1. The number of hydrogen-bond acceptors (Lipinski definition) is 3. The Morgan fingerprint density at radius 1 is 1.10 bits per heavy atom. The maximum atomic E-state index is 13.2. The van der Waals surface area contributed by atoms with E-state index in [9.17, 15) is 9.59 Å². The predicted octanol–water partition coefficient (Wildman–Crippen LogP) is 5.32. The molecule has 0 aromatic heterocycles. The first-order valence-electron chi connectivity index (χ1n) is 10.4. The number of nitrogens with zero attached hydrogens (tertiary/aromatic N) is 1. The summed E-state index contributed by atoms with van der Waals surface area (Å²) in [5.41, 5.74) is 2.64. The van der Waals surface area contributed by atoms with Gasteiger partial charge in [0, 0.05) is 28.2 Å². The zero-order valence-corrected chi connectivity index (χ0v) is 20.2. The number of halogens is 2. The van der Waals surface area contributed by atoms with Gasteiger partial charge < -0.3 is 15.0 Å². The molecule has 2 aromatic carbocycles. The van der Waals surface area contributed by atoms with Crippen molar-refractivity contribution in [1.82, 2.24) is 10.2 Å². The average Bonchev–Trinajstić information content (AvgIpc) is 2.72. The zero-order chi connectivity index (χ0) is 23.1. The highest BCUT2D eigenvalue weighted by atomic mass is 35.5. The van der Waals surface area contributed by atoms with E-state index >= 15 is 0 Å². The minimum Gasteiger partial charge on any atom is -0.483 e. The highest BCUT2D eigenvalue weighted by Gasteiger charge is 2.28. The van der Waals surface area contributed by atoms with Gasteiger partial charge in [-0.05, 0) is 57.9 Å². The van der Waals surface area contributed by atoms with Gasteiger partial charge >= 0.3 is 0 Å². The molecule has 2 amide bonds. The van der Waals surface area contributed by atoms with E-state index in [1.54, 1.807) is 25.1 Å². The fourth-order valence-electron chi connectivity index (χ4n) is 3.09. The van der Waals surface area contributed by atoms with Crippen LogP contribution in [-0.4, -0.2) is 35.4 Å². The lowest BCUT2D eigenvalue weighted by Gasteiger charge is -2.30. The summed E-state index contributed by atoms with van der Waals surface area (Å²) in [5.74, 6) is 0.0616. The smallest absolute Gasteiger partial charge is 0.261 e. The molecule has 0 bridgehead atoms. The van der Waals surface area contributed by atoms with Crippen molar-refractivity contribution in [3.63, 3.8) is 0 Å². The summed E-state index contributed by atoms with van der Waals surface area (Å²) < 4.78 is 5.78. The molecule has 0 aliphatic carbocycles. The van der Waals surface area contributed by atoms with E-state index in [2.05, 4.69) is 5.32 Å². The van der Waals surface area contributed by atoms with Gasteiger partial charge in [0.1, 0.15) is 11.8 Å². The highest BCUT2D eigenvalue weighted by Crippen LogP contribution is 2.27. The van der Waals surface area contributed by atoms with Gasteiger partial charge in [0.15, 0.2) is 6.61 Å². The molecule has 5 nitrogen and oxygen atoms in total. The summed E-state index contributed by atoms with van der Waals surface area (Å²) in [7, 11) is 0. The van der Waals surface area contributed by atoms with E-state index < -0.39 is 6.04 Å². The van der Waals surface area contributed by atoms with Crippen LogP contribution in [0.25, 0.3) is 0 Å². The average molecular weight is 465 g/mol. The van der Waals surface area contributed by atoms with Crippen LogP contribution in [0.4, 0.5) is 0 Å². The number of carbonyl (C=O) groups excluding carboxylic acids is 2. The second-order valence-corrected chi connectivity index (χ2v) is 8.59. The first-order valence-corrected chi connectivity index (χ1v) is 11.1. The van der Waals surface area contributed by atoms with Gasteiger partial charge in [0.05, 0.1) is 0 Å². The number of ether oxygens (including phenoxy) is 1. The SMILES string of the molecule is CC[C@H](C)NC(=O)[C@@H](C)N(Cc1c(Cl)cccc1Cl)C(=O)COc1ccc(C)cc1C. The van der Waals surface area contributed by atoms with Gasteiger partial charge in [-0.3, -0.25) is 9.59 Å². The molecule has 0 spiro atoms. The Bertz CT molecular complexity index is 913. The third-order valence-electron chi connectivity index (χ3n) is 5.24. The van der Waals surface area contributed by atoms with Crippen molar-refractivity contribution in [3.8, 4) is 5.75 Å². The Morgan fingerprint density at radius 3 is 2.32 bits per heavy atom. The van der Waals surface area contributed by atoms with E-state index in [-0.39, 0.29) is 31.0 Å². The molecular formula is C24H30Cl2N2O3. The summed E-state index contributed by atoms with van der Waals surface area (Å²) in [6.45, 7) is 9.42. The van der Waals surface area contributed by atoms with Crippen LogP contribution in [0, 0.1) is 13.8 Å². The molecule has 1 N–H and O–H groups in total. The fraction of sp³-hybridized carbons (Fsp3) is 0.417. The molecule has 2 aromatic rings. The van der Waals surface area contributed by atoms with E-state index in [0.717, 1.165) is 17.5 Å². The fourth-order valence-corrected chi connectivity index (χ4v) is 3.60. The number of rotatable bonds is 9. The number of carbonyl (C=O) groups is 2. The second-order valence-electron chi connectivity index (χ2n) is 7.77. The molecule has 0 radical (unpaired) electrons. The van der Waals surface area contributed by atoms with Crippen molar-refractivity contribution < 1.29 is 14.3 Å². The van der Waals surface area contributed by atoms with E-state index in [0.29, 0.717) is 21.4 Å². The molecule has 0 saturated heterocycles. The number of amides is 2. The normalized spacial score (nSPS) is 12.7. The highest BCUT2D eigenvalue weighted by molar-refractivity contribution is 6.36. The quantitative estimate of drug-likeness (QED) is 0.545. The van der Waals surface area contributed by atoms with Gasteiger partial charge in [0.2, 0.25) is 5.91 Å². The largest absolute Gasteiger partial charge is 0.483 e. The third kappa shape index (κ3) is 6.88. The number of aryl methyl sites for hydroxylation is 2. The van der Waals surface area contributed by atoms with Gasteiger partial charge in [0.25, 0.3) is 5.91 Å². The topological polar surface area (TPSA) is 58.6 Å². The standard InChI is InChI=1S/C24H30Cl2N2O3/c1-6-17(4)27-24(30)18(5)28(13-19-20(25)8-7-9-21(19)26)23(29)14-31-22-11-10-15(2)12-16(22)3/h7-12,17-18H,6,13-14H2,1-5H3,(H,27,30)/t17-,18+/m0/s1. The van der Waals surface area contributed by atoms with E-state index in [4.69, 9.17) is 27.9 Å². The Morgan fingerprint density at radius 2 is 1.74 bits per heavy atom. The van der Waals surface area contributed by atoms with Crippen LogP contribution in [0.1, 0.15) is 43.9 Å². The van der Waals surface area contributed by atoms with Gasteiger partial charge in [-0.1, -0.05) is 53.9 Å². The molecule has 0 saturated carbocycles. The lowest BCUT2D eigenvalue weighted by molar-refractivity contribution is -0.142. The third-order valence-corrected chi connectivity index (χ3v) is 5.95. The van der Waals surface area contributed by atoms with E-state index in [1.165, 1.54) is 4.90 Å². The molecule has 0 aliphatic rings. The molecule has 0 heterocycles. The lowest BCUT2D eigenvalue weighted by Crippen LogP contribution is -2.50. The van der Waals surface area contributed by atoms with Gasteiger partial charge in [-0.2, -0.15) is 0 Å². The van der Waals surface area contributed by atoms with E-state index in [1.807, 2.05) is 45.9 Å². The van der Waals surface area contributed by atoms with Crippen LogP contribution >= 0.6 is 23.2 Å². The van der Waals surface area contributed by atoms with Crippen molar-refractivity contribution in [2.45, 2.75) is 59.7 Å². The van der Waals surface area contributed by atoms with Crippen LogP contribution in [-0.2, 0) is 16.1 Å². The minimum atomic E-state index is -0.725. The van der Waals surface area contributed by atoms with Crippen molar-refractivity contribution in [2.24, 2.45) is 0 Å². The molecule has 31 heavy (non-hydrogen) atoms. The summed E-state index contributed by atoms with van der Waals surface area (Å²) in [4.78, 5) is 27.4. The first kappa shape index (κ1) is 25.0. The Kier molecular flexibility index (Phi) is 9.20. The number of hydrogen-bond donors (Lipinski definition) is 1. The number of nitrogens with one attached hydrogen (secondary N) is 1. The maximum absolute atomic E-state index is 13.2. The first-order chi connectivity index (χ1) is 14.6. The molecule has 0 aliphatic heterocycles. The minimum absolute atomic E-state index is 0.00209. The van der Waals surface area contributed by atoms with Crippen LogP contribution in [0.2, 0.25) is 10.0 Å². The van der Waals surface area contributed by atoms with Crippen LogP contribution in [0.15, 0.2) is 36.4 Å². The Balaban J connectivity index is 2.24. The van der Waals surface area contributed by atoms with Crippen LogP contribution in [0.5, 0.6) is 5.75 Å². The summed E-state index contributed by atoms with van der Waals surface area (Å²) in [6.07, 6.45) is 0.790. The Labute approximate surface area is 194 Å². The molecule has 7 heteroatoms. The van der Waals surface area contributed by atoms with Gasteiger partial charge in [-0.15, -0.1) is 0 Å². The second kappa shape index (κ2) is 11.4. The summed E-state index contributed by atoms with van der Waals surface area (Å²) in [6, 6.07) is 10.2. The monoisotopic (exact) mass is 464 g/mol. The zero-order valence-electron chi connectivity index (χ0n) is 18.7. The molecular weight excluding hydrogens is 435 g/mol. The van der Waals surface area contributed by atoms with Crippen LogP contribution < -0.4 is 10.1 Å². The molecule has 2 rings (SSSR count). The van der Waals surface area contributed by atoms with Crippen molar-refractivity contribution >= 4 is 35.0 Å². The predicted molar refractivity (Wildman–Crippen MR) is 126 cm³/mol. The maximum Gasteiger partial charge on any atom is 0.261 e. The molecule has 0 fully saturated rings. The molecule has 2 atom stereocenters. The molecule has 168 valence electrons. The molecule has 0 unspecified atom stereocenters. The van der Waals surface area contributed by atoms with Crippen molar-refractivity contribution in [2.75, 3.05) is 6.61 Å². The summed E-state index contributed by atoms with van der Waals surface area (Å²) >= 11 is 12.6. The van der Waals surface area contributed by atoms with Gasteiger partial charge in [-0.25, -0.2) is 0 Å². The summed E-state index contributed by atoms with van der Waals surface area (Å²) in [5, 5.41) is 3.81. The number of benzene rings is 2. The van der Waals surface area contributed by atoms with Crippen molar-refractivity contribution in [1.29, 1.82) is 0 Å². The van der Waals surface area contributed by atoms with Crippen molar-refractivity contribution in [3.05, 3.63) is 63.1 Å². The van der Waals surface area contributed by atoms with Crippen LogP contribution in [0.3, 0.4) is 0 Å².